The quantitative estimate of drug-likeness (QED) is 0.530. The van der Waals surface area contributed by atoms with Crippen molar-refractivity contribution in [2.24, 2.45) is 5.84 Å². The number of nitrogens with zero attached hydrogens (tertiary/aromatic N) is 3. The molecule has 0 atom stereocenters. The number of nitrogens with one attached hydrogen (secondary N) is 1. The Morgan fingerprint density at radius 3 is 2.44 bits per heavy atom. The van der Waals surface area contributed by atoms with Gasteiger partial charge in [-0.05, 0) is 33.6 Å². The number of rotatable bonds is 2. The molecule has 2 heterocycles. The summed E-state index contributed by atoms with van der Waals surface area (Å²) in [5.74, 6) is 7.73. The molecular weight excluding hydrogens is 230 g/mol. The van der Waals surface area contributed by atoms with Crippen LogP contribution in [0.1, 0.15) is 31.2 Å². The lowest BCUT2D eigenvalue weighted by atomic mass is 9.94. The highest BCUT2D eigenvalue weighted by Crippen LogP contribution is 2.28. The molecule has 2 rings (SSSR count). The van der Waals surface area contributed by atoms with E-state index in [9.17, 15) is 5.11 Å². The summed E-state index contributed by atoms with van der Waals surface area (Å²) >= 11 is 0. The van der Waals surface area contributed by atoms with Crippen LogP contribution in [0.2, 0.25) is 0 Å². The summed E-state index contributed by atoms with van der Waals surface area (Å²) in [6, 6.07) is 0. The lowest BCUT2D eigenvalue weighted by Crippen LogP contribution is -2.43. The molecule has 1 aliphatic rings. The van der Waals surface area contributed by atoms with Gasteiger partial charge >= 0.3 is 0 Å². The zero-order chi connectivity index (χ0) is 13.3. The molecule has 0 aliphatic carbocycles. The highest BCUT2D eigenvalue weighted by Gasteiger charge is 2.29. The summed E-state index contributed by atoms with van der Waals surface area (Å²) in [5, 5.41) is 9.97. The maximum absolute atomic E-state index is 9.97. The predicted molar refractivity (Wildman–Crippen MR) is 71.4 cm³/mol. The second-order valence-electron chi connectivity index (χ2n) is 5.20. The number of anilines is 2. The first-order valence-corrected chi connectivity index (χ1v) is 6.22. The topological polar surface area (TPSA) is 87.3 Å². The fourth-order valence-electron chi connectivity index (χ4n) is 2.26. The highest BCUT2D eigenvalue weighted by atomic mass is 16.3. The van der Waals surface area contributed by atoms with Crippen molar-refractivity contribution < 1.29 is 5.11 Å². The van der Waals surface area contributed by atoms with Gasteiger partial charge in [0.15, 0.2) is 0 Å². The molecule has 1 saturated heterocycles. The van der Waals surface area contributed by atoms with E-state index in [1.807, 2.05) is 20.8 Å². The molecule has 1 aliphatic heterocycles. The van der Waals surface area contributed by atoms with Gasteiger partial charge in [-0.3, -0.25) is 0 Å². The van der Waals surface area contributed by atoms with Crippen LogP contribution in [0.5, 0.6) is 0 Å². The largest absolute Gasteiger partial charge is 0.390 e. The lowest BCUT2D eigenvalue weighted by Gasteiger charge is -2.37. The van der Waals surface area contributed by atoms with Gasteiger partial charge in [0.25, 0.3) is 0 Å². The second kappa shape index (κ2) is 4.70. The number of nitrogens with two attached hydrogens (primary N) is 1. The van der Waals surface area contributed by atoms with Crippen LogP contribution in [0, 0.1) is 13.8 Å². The molecule has 1 aromatic rings. The average Bonchev–Trinajstić information content (AvgIpc) is 2.32. The molecule has 6 nitrogen and oxygen atoms in total. The minimum atomic E-state index is -0.554. The molecule has 0 amide bonds. The van der Waals surface area contributed by atoms with Crippen molar-refractivity contribution in [3.63, 3.8) is 0 Å². The Labute approximate surface area is 107 Å². The van der Waals surface area contributed by atoms with Crippen molar-refractivity contribution in [2.75, 3.05) is 23.4 Å². The smallest absolute Gasteiger partial charge is 0.148 e. The predicted octanol–water partition coefficient (Wildman–Crippen LogP) is 0.730. The molecule has 18 heavy (non-hydrogen) atoms. The Bertz CT molecular complexity index is 436. The van der Waals surface area contributed by atoms with Crippen LogP contribution in [0.15, 0.2) is 0 Å². The molecule has 100 valence electrons. The van der Waals surface area contributed by atoms with E-state index in [2.05, 4.69) is 20.3 Å². The van der Waals surface area contributed by atoms with E-state index in [1.165, 1.54) is 0 Å². The Morgan fingerprint density at radius 2 is 1.89 bits per heavy atom. The Kier molecular flexibility index (Phi) is 3.41. The molecule has 0 bridgehead atoms. The first-order chi connectivity index (χ1) is 8.43. The number of aryl methyl sites for hydroxylation is 1. The van der Waals surface area contributed by atoms with Gasteiger partial charge in [-0.25, -0.2) is 15.8 Å². The summed E-state index contributed by atoms with van der Waals surface area (Å²) in [6.45, 7) is 7.29. The van der Waals surface area contributed by atoms with Crippen LogP contribution in [0.25, 0.3) is 0 Å². The maximum Gasteiger partial charge on any atom is 0.148 e. The monoisotopic (exact) mass is 251 g/mol. The summed E-state index contributed by atoms with van der Waals surface area (Å²) in [4.78, 5) is 10.9. The molecule has 1 fully saturated rings. The van der Waals surface area contributed by atoms with E-state index >= 15 is 0 Å². The number of piperidine rings is 1. The molecule has 6 heteroatoms. The van der Waals surface area contributed by atoms with Crippen LogP contribution < -0.4 is 16.2 Å². The number of hydrogen-bond donors (Lipinski definition) is 3. The third-order valence-corrected chi connectivity index (χ3v) is 3.51. The van der Waals surface area contributed by atoms with Gasteiger partial charge in [0.1, 0.15) is 17.5 Å². The van der Waals surface area contributed by atoms with E-state index in [4.69, 9.17) is 5.84 Å². The Balaban J connectivity index is 2.26. The van der Waals surface area contributed by atoms with Gasteiger partial charge in [-0.15, -0.1) is 0 Å². The number of aliphatic hydroxyl groups is 1. The van der Waals surface area contributed by atoms with Gasteiger partial charge in [0.05, 0.1) is 5.60 Å². The van der Waals surface area contributed by atoms with Crippen LogP contribution in [-0.2, 0) is 0 Å². The zero-order valence-electron chi connectivity index (χ0n) is 11.2. The van der Waals surface area contributed by atoms with Gasteiger partial charge in [0.2, 0.25) is 0 Å². The van der Waals surface area contributed by atoms with Gasteiger partial charge < -0.3 is 15.4 Å². The molecule has 0 radical (unpaired) electrons. The minimum absolute atomic E-state index is 0.554. The van der Waals surface area contributed by atoms with Gasteiger partial charge in [-0.2, -0.15) is 0 Å². The zero-order valence-corrected chi connectivity index (χ0v) is 11.2. The summed E-state index contributed by atoms with van der Waals surface area (Å²) in [7, 11) is 0. The third kappa shape index (κ3) is 2.54. The molecule has 1 aromatic heterocycles. The third-order valence-electron chi connectivity index (χ3n) is 3.51. The molecule has 0 unspecified atom stereocenters. The molecule has 4 N–H and O–H groups in total. The maximum atomic E-state index is 9.97. The first kappa shape index (κ1) is 13.0. The molecule has 0 aromatic carbocycles. The van der Waals surface area contributed by atoms with Crippen LogP contribution >= 0.6 is 0 Å². The average molecular weight is 251 g/mol. The highest BCUT2D eigenvalue weighted by molar-refractivity contribution is 5.58. The van der Waals surface area contributed by atoms with E-state index in [0.29, 0.717) is 11.6 Å². The molecular formula is C12H21N5O. The number of aromatic nitrogens is 2. The van der Waals surface area contributed by atoms with Crippen molar-refractivity contribution in [2.45, 2.75) is 39.2 Å². The summed E-state index contributed by atoms with van der Waals surface area (Å²) in [5.41, 5.74) is 3.00. The second-order valence-corrected chi connectivity index (χ2v) is 5.20. The SMILES string of the molecule is Cc1nc(NN)c(C)c(N2CCC(C)(O)CC2)n1. The molecule has 0 saturated carbocycles. The standard InChI is InChI=1S/C12H21N5O/c1-8-10(16-13)14-9(2)15-11(8)17-6-4-12(3,18)5-7-17/h18H,4-7,13H2,1-3H3,(H,14,15,16). The van der Waals surface area contributed by atoms with E-state index in [-0.39, 0.29) is 0 Å². The number of hydrogen-bond acceptors (Lipinski definition) is 6. The van der Waals surface area contributed by atoms with E-state index in [1.54, 1.807) is 0 Å². The van der Waals surface area contributed by atoms with Crippen molar-refractivity contribution >= 4 is 11.6 Å². The number of hydrazine groups is 1. The van der Waals surface area contributed by atoms with Crippen molar-refractivity contribution in [3.8, 4) is 0 Å². The van der Waals surface area contributed by atoms with E-state index < -0.39 is 5.60 Å². The first-order valence-electron chi connectivity index (χ1n) is 6.22. The molecule has 0 spiro atoms. The van der Waals surface area contributed by atoms with Crippen molar-refractivity contribution in [3.05, 3.63) is 11.4 Å². The van der Waals surface area contributed by atoms with Gasteiger partial charge in [-0.1, -0.05) is 0 Å². The number of nitrogen functional groups attached to an aromatic ring is 1. The summed E-state index contributed by atoms with van der Waals surface area (Å²) in [6.07, 6.45) is 1.50. The Hall–Kier alpha value is -1.40. The lowest BCUT2D eigenvalue weighted by molar-refractivity contribution is 0.0350. The van der Waals surface area contributed by atoms with Crippen molar-refractivity contribution in [1.82, 2.24) is 9.97 Å². The van der Waals surface area contributed by atoms with Crippen LogP contribution in [0.4, 0.5) is 11.6 Å². The summed E-state index contributed by atoms with van der Waals surface area (Å²) < 4.78 is 0. The Morgan fingerprint density at radius 1 is 1.28 bits per heavy atom. The van der Waals surface area contributed by atoms with Gasteiger partial charge in [0, 0.05) is 18.7 Å². The van der Waals surface area contributed by atoms with Crippen LogP contribution in [-0.4, -0.2) is 33.8 Å². The minimum Gasteiger partial charge on any atom is -0.390 e. The van der Waals surface area contributed by atoms with E-state index in [0.717, 1.165) is 37.3 Å². The fraction of sp³-hybridized carbons (Fsp3) is 0.667. The van der Waals surface area contributed by atoms with Crippen molar-refractivity contribution in [1.29, 1.82) is 0 Å². The normalized spacial score (nSPS) is 18.8. The van der Waals surface area contributed by atoms with Crippen LogP contribution in [0.3, 0.4) is 0 Å². The fourth-order valence-corrected chi connectivity index (χ4v) is 2.26.